The Hall–Kier alpha value is -2.84. The van der Waals surface area contributed by atoms with Crippen LogP contribution in [0.4, 0.5) is 13.2 Å². The number of rotatable bonds is 5. The summed E-state index contributed by atoms with van der Waals surface area (Å²) < 4.78 is 42.0. The molecule has 10 heteroatoms. The topological polar surface area (TPSA) is 68.0 Å². The molecule has 2 aromatic carbocycles. The fourth-order valence-electron chi connectivity index (χ4n) is 2.73. The lowest BCUT2D eigenvalue weighted by Gasteiger charge is -2.18. The van der Waals surface area contributed by atoms with Crippen molar-refractivity contribution in [1.29, 1.82) is 0 Å². The third-order valence-electron chi connectivity index (χ3n) is 3.99. The fraction of sp³-hybridized carbons (Fsp3) is 0.105. The second-order valence-corrected chi connectivity index (χ2v) is 6.88. The molecular weight excluding hydrogens is 430 g/mol. The Morgan fingerprint density at radius 3 is 2.38 bits per heavy atom. The number of nitrogens with zero attached hydrogens (tertiary/aromatic N) is 3. The van der Waals surface area contributed by atoms with E-state index in [1.807, 2.05) is 0 Å². The van der Waals surface area contributed by atoms with Gasteiger partial charge in [-0.2, -0.15) is 18.3 Å². The molecule has 3 aromatic rings. The molecule has 1 atom stereocenters. The number of alkyl halides is 3. The molecule has 1 aromatic heterocycles. The zero-order chi connectivity index (χ0) is 21.2. The van der Waals surface area contributed by atoms with Crippen molar-refractivity contribution in [2.75, 3.05) is 0 Å². The predicted octanol–water partition coefficient (Wildman–Crippen LogP) is 5.63. The molecule has 1 N–H and O–H groups in total. The van der Waals surface area contributed by atoms with Crippen LogP contribution in [-0.4, -0.2) is 32.0 Å². The Balaban J connectivity index is 1.99. The molecule has 0 radical (unpaired) electrons. The minimum Gasteiger partial charge on any atom is -0.478 e. The van der Waals surface area contributed by atoms with Crippen molar-refractivity contribution in [3.8, 4) is 5.69 Å². The minimum absolute atomic E-state index is 0.0838. The molecule has 3 rings (SSSR count). The number of carboxylic acid groups (broad SMARTS) is 1. The number of carbonyl (C=O) groups is 1. The van der Waals surface area contributed by atoms with E-state index in [1.165, 1.54) is 59.8 Å². The number of aromatic nitrogens is 3. The van der Waals surface area contributed by atoms with E-state index in [1.54, 1.807) is 0 Å². The molecule has 0 spiro atoms. The lowest BCUT2D eigenvalue weighted by molar-refractivity contribution is -0.139. The quantitative estimate of drug-likeness (QED) is 0.556. The number of benzene rings is 2. The predicted molar refractivity (Wildman–Crippen MR) is 103 cm³/mol. The Bertz CT molecular complexity index is 1050. The molecule has 1 unspecified atom stereocenters. The van der Waals surface area contributed by atoms with Gasteiger partial charge in [0.1, 0.15) is 12.7 Å². The third-order valence-corrected chi connectivity index (χ3v) is 4.43. The number of hydrogen-bond donors (Lipinski definition) is 1. The molecule has 0 saturated carbocycles. The summed E-state index contributed by atoms with van der Waals surface area (Å²) in [5.74, 6) is -3.22. The van der Waals surface area contributed by atoms with Crippen LogP contribution in [0.1, 0.15) is 27.4 Å². The van der Waals surface area contributed by atoms with E-state index in [-0.39, 0.29) is 32.4 Å². The van der Waals surface area contributed by atoms with E-state index in [2.05, 4.69) is 10.1 Å². The zero-order valence-electron chi connectivity index (χ0n) is 14.4. The highest BCUT2D eigenvalue weighted by Crippen LogP contribution is 2.38. The Morgan fingerprint density at radius 2 is 1.83 bits per heavy atom. The standard InChI is InChI=1S/C19H12Cl2F3N3O2/c20-13-6-12(7-14(21)8-13)16(19(22,23)24)3-1-11-2-4-17(15(5-11)18(28)29)27-10-25-9-26-27/h1-10,16H,(H,28,29). The van der Waals surface area contributed by atoms with Crippen LogP contribution in [0.15, 0.2) is 55.1 Å². The Morgan fingerprint density at radius 1 is 1.14 bits per heavy atom. The van der Waals surface area contributed by atoms with Gasteiger partial charge in [0.15, 0.2) is 0 Å². The van der Waals surface area contributed by atoms with E-state index in [0.717, 1.165) is 6.08 Å². The molecule has 0 amide bonds. The maximum atomic E-state index is 13.6. The summed E-state index contributed by atoms with van der Waals surface area (Å²) in [7, 11) is 0. The number of aromatic carboxylic acids is 1. The molecule has 0 saturated heterocycles. The summed E-state index contributed by atoms with van der Waals surface area (Å²) in [5, 5.41) is 13.5. The van der Waals surface area contributed by atoms with Crippen LogP contribution in [0.2, 0.25) is 10.0 Å². The molecule has 1 heterocycles. The van der Waals surface area contributed by atoms with Crippen molar-refractivity contribution in [2.45, 2.75) is 12.1 Å². The van der Waals surface area contributed by atoms with Crippen molar-refractivity contribution in [3.05, 3.63) is 81.9 Å². The van der Waals surface area contributed by atoms with Crippen molar-refractivity contribution in [3.63, 3.8) is 0 Å². The van der Waals surface area contributed by atoms with E-state index in [9.17, 15) is 23.1 Å². The summed E-state index contributed by atoms with van der Waals surface area (Å²) >= 11 is 11.7. The summed E-state index contributed by atoms with van der Waals surface area (Å²) in [4.78, 5) is 15.3. The third kappa shape index (κ3) is 4.96. The SMILES string of the molecule is O=C(O)c1cc(C=CC(c2cc(Cl)cc(Cl)c2)C(F)(F)F)ccc1-n1cncn1. The van der Waals surface area contributed by atoms with E-state index < -0.39 is 18.1 Å². The van der Waals surface area contributed by atoms with Gasteiger partial charge in [0.25, 0.3) is 0 Å². The molecule has 0 aliphatic carbocycles. The van der Waals surface area contributed by atoms with Crippen molar-refractivity contribution in [2.24, 2.45) is 0 Å². The van der Waals surface area contributed by atoms with Gasteiger partial charge < -0.3 is 5.11 Å². The van der Waals surface area contributed by atoms with E-state index in [4.69, 9.17) is 23.2 Å². The highest BCUT2D eigenvalue weighted by molar-refractivity contribution is 6.34. The van der Waals surface area contributed by atoms with Gasteiger partial charge in [-0.1, -0.05) is 41.4 Å². The molecule has 150 valence electrons. The smallest absolute Gasteiger partial charge is 0.399 e. The monoisotopic (exact) mass is 441 g/mol. The van der Waals surface area contributed by atoms with Gasteiger partial charge in [-0.05, 0) is 41.5 Å². The van der Waals surface area contributed by atoms with Crippen LogP contribution < -0.4 is 0 Å². The van der Waals surface area contributed by atoms with Crippen LogP contribution in [0.3, 0.4) is 0 Å². The first-order valence-electron chi connectivity index (χ1n) is 8.08. The first kappa shape index (κ1) is 20.9. The van der Waals surface area contributed by atoms with Gasteiger partial charge >= 0.3 is 12.1 Å². The van der Waals surface area contributed by atoms with Crippen molar-refractivity contribution < 1.29 is 23.1 Å². The highest BCUT2D eigenvalue weighted by atomic mass is 35.5. The van der Waals surface area contributed by atoms with Gasteiger partial charge in [-0.15, -0.1) is 0 Å². The maximum Gasteiger partial charge on any atom is 0.399 e. The molecule has 0 fully saturated rings. The summed E-state index contributed by atoms with van der Waals surface area (Å²) in [6.45, 7) is 0. The fourth-order valence-corrected chi connectivity index (χ4v) is 3.28. The molecule has 0 bridgehead atoms. The lowest BCUT2D eigenvalue weighted by atomic mass is 9.96. The van der Waals surface area contributed by atoms with Crippen LogP contribution in [0, 0.1) is 0 Å². The van der Waals surface area contributed by atoms with Gasteiger partial charge in [-0.3, -0.25) is 0 Å². The molecule has 0 aliphatic heterocycles. The van der Waals surface area contributed by atoms with E-state index in [0.29, 0.717) is 0 Å². The molecule has 29 heavy (non-hydrogen) atoms. The first-order chi connectivity index (χ1) is 13.6. The van der Waals surface area contributed by atoms with E-state index >= 15 is 0 Å². The second kappa shape index (κ2) is 8.26. The average molecular weight is 442 g/mol. The van der Waals surface area contributed by atoms with Crippen molar-refractivity contribution in [1.82, 2.24) is 14.8 Å². The normalized spacial score (nSPS) is 13.0. The molecular formula is C19H12Cl2F3N3O2. The van der Waals surface area contributed by atoms with Gasteiger partial charge in [0.2, 0.25) is 0 Å². The van der Waals surface area contributed by atoms with Crippen molar-refractivity contribution >= 4 is 35.2 Å². The summed E-state index contributed by atoms with van der Waals surface area (Å²) in [6, 6.07) is 7.90. The highest BCUT2D eigenvalue weighted by Gasteiger charge is 2.39. The van der Waals surface area contributed by atoms with Gasteiger partial charge in [0, 0.05) is 10.0 Å². The Kier molecular flexibility index (Phi) is 5.95. The number of allylic oxidation sites excluding steroid dienone is 1. The van der Waals surface area contributed by atoms with Gasteiger partial charge in [0.05, 0.1) is 17.2 Å². The Labute approximate surface area is 173 Å². The van der Waals surface area contributed by atoms with Crippen LogP contribution in [-0.2, 0) is 0 Å². The second-order valence-electron chi connectivity index (χ2n) is 6.00. The number of halogens is 5. The maximum absolute atomic E-state index is 13.6. The molecule has 0 aliphatic rings. The lowest BCUT2D eigenvalue weighted by Crippen LogP contribution is -2.19. The number of hydrogen-bond acceptors (Lipinski definition) is 3. The van der Waals surface area contributed by atoms with Crippen LogP contribution in [0.5, 0.6) is 0 Å². The van der Waals surface area contributed by atoms with Crippen LogP contribution in [0.25, 0.3) is 11.8 Å². The molecule has 5 nitrogen and oxygen atoms in total. The number of carboxylic acids is 1. The summed E-state index contributed by atoms with van der Waals surface area (Å²) in [6.07, 6.45) is 0.0901. The average Bonchev–Trinajstić information content (AvgIpc) is 3.14. The van der Waals surface area contributed by atoms with Gasteiger partial charge in [-0.25, -0.2) is 14.5 Å². The summed E-state index contributed by atoms with van der Waals surface area (Å²) in [5.41, 5.74) is 0.255. The largest absolute Gasteiger partial charge is 0.478 e. The van der Waals surface area contributed by atoms with Crippen LogP contribution >= 0.6 is 23.2 Å². The minimum atomic E-state index is -4.60. The zero-order valence-corrected chi connectivity index (χ0v) is 15.9. The first-order valence-corrected chi connectivity index (χ1v) is 8.84.